The van der Waals surface area contributed by atoms with E-state index in [1.165, 1.54) is 4.90 Å². The number of nitrogens with zero attached hydrogens (tertiary/aromatic N) is 3. The van der Waals surface area contributed by atoms with Crippen molar-refractivity contribution in [3.8, 4) is 0 Å². The van der Waals surface area contributed by atoms with Crippen LogP contribution in [0.1, 0.15) is 40.1 Å². The maximum absolute atomic E-state index is 13.2. The summed E-state index contributed by atoms with van der Waals surface area (Å²) in [5.74, 6) is 0.162. The van der Waals surface area contributed by atoms with E-state index in [1.807, 2.05) is 30.3 Å². The Labute approximate surface area is 176 Å². The Morgan fingerprint density at radius 2 is 1.66 bits per heavy atom. The van der Waals surface area contributed by atoms with Crippen molar-refractivity contribution < 1.29 is 9.59 Å². The van der Waals surface area contributed by atoms with Crippen LogP contribution < -0.4 is 4.90 Å². The lowest BCUT2D eigenvalue weighted by molar-refractivity contribution is 0.0642. The van der Waals surface area contributed by atoms with E-state index in [0.717, 1.165) is 44.0 Å². The Hall–Kier alpha value is -2.37. The molecule has 0 atom stereocenters. The van der Waals surface area contributed by atoms with Gasteiger partial charge in [0.2, 0.25) is 0 Å². The predicted molar refractivity (Wildman–Crippen MR) is 116 cm³/mol. The maximum Gasteiger partial charge on any atom is 0.263 e. The van der Waals surface area contributed by atoms with Crippen LogP contribution in [0.15, 0.2) is 42.5 Å². The lowest BCUT2D eigenvalue weighted by Crippen LogP contribution is -2.47. The van der Waals surface area contributed by atoms with Gasteiger partial charge in [0.15, 0.2) is 0 Å². The highest BCUT2D eigenvalue weighted by Gasteiger charge is 2.39. The minimum atomic E-state index is -0.245. The molecule has 0 N–H and O–H groups in total. The van der Waals surface area contributed by atoms with Gasteiger partial charge in [-0.2, -0.15) is 0 Å². The van der Waals surface area contributed by atoms with Crippen molar-refractivity contribution in [1.82, 2.24) is 9.80 Å². The molecule has 0 spiro atoms. The van der Waals surface area contributed by atoms with Crippen LogP contribution in [0.4, 0.5) is 5.69 Å². The van der Waals surface area contributed by atoms with Crippen LogP contribution in [0.5, 0.6) is 0 Å². The molecular weight excluding hydrogens is 386 g/mol. The molecule has 0 unspecified atom stereocenters. The Bertz CT molecular complexity index is 935. The number of carbonyl (C=O) groups excluding carboxylic acids is 2. The number of anilines is 1. The average Bonchev–Trinajstić information content (AvgIpc) is 2.95. The molecule has 6 heteroatoms. The zero-order valence-electron chi connectivity index (χ0n) is 16.9. The fraction of sp³-hybridized carbons (Fsp3) is 0.391. The summed E-state index contributed by atoms with van der Waals surface area (Å²) in [6.45, 7) is 9.38. The maximum atomic E-state index is 13.2. The number of rotatable bonds is 5. The summed E-state index contributed by atoms with van der Waals surface area (Å²) >= 11 is 6.25. The van der Waals surface area contributed by atoms with Crippen molar-refractivity contribution in [3.05, 3.63) is 64.2 Å². The van der Waals surface area contributed by atoms with Gasteiger partial charge < -0.3 is 4.90 Å². The molecule has 152 valence electrons. The molecule has 0 bridgehead atoms. The first kappa shape index (κ1) is 19.9. The summed E-state index contributed by atoms with van der Waals surface area (Å²) in [7, 11) is 0. The lowest BCUT2D eigenvalue weighted by atomic mass is 10.1. The van der Waals surface area contributed by atoms with Gasteiger partial charge in [0.1, 0.15) is 0 Å². The molecule has 1 saturated heterocycles. The van der Waals surface area contributed by atoms with Gasteiger partial charge >= 0.3 is 0 Å². The van der Waals surface area contributed by atoms with Crippen molar-refractivity contribution in [3.63, 3.8) is 0 Å². The van der Waals surface area contributed by atoms with E-state index in [9.17, 15) is 9.59 Å². The molecule has 5 nitrogen and oxygen atoms in total. The highest BCUT2D eigenvalue weighted by atomic mass is 35.5. The third-order valence-electron chi connectivity index (χ3n) is 5.60. The molecule has 29 heavy (non-hydrogen) atoms. The van der Waals surface area contributed by atoms with Gasteiger partial charge in [-0.3, -0.25) is 19.4 Å². The van der Waals surface area contributed by atoms with Crippen LogP contribution in [-0.2, 0) is 6.54 Å². The van der Waals surface area contributed by atoms with Crippen LogP contribution >= 0.6 is 11.6 Å². The molecule has 2 aliphatic heterocycles. The topological polar surface area (TPSA) is 43.9 Å². The molecule has 2 aromatic carbocycles. The second kappa shape index (κ2) is 8.17. The second-order valence-electron chi connectivity index (χ2n) is 8.17. The summed E-state index contributed by atoms with van der Waals surface area (Å²) in [5.41, 5.74) is 2.66. The molecule has 0 aromatic heterocycles. The fourth-order valence-electron chi connectivity index (χ4n) is 4.21. The Morgan fingerprint density at radius 3 is 2.34 bits per heavy atom. The van der Waals surface area contributed by atoms with Crippen molar-refractivity contribution in [1.29, 1.82) is 0 Å². The lowest BCUT2D eigenvalue weighted by Gasteiger charge is -2.37. The van der Waals surface area contributed by atoms with Gasteiger partial charge in [-0.25, -0.2) is 0 Å². The van der Waals surface area contributed by atoms with Crippen LogP contribution in [0.2, 0.25) is 5.02 Å². The number of imide groups is 1. The Kier molecular flexibility index (Phi) is 5.61. The number of fused-ring (bicyclic) bond motifs is 1. The van der Waals surface area contributed by atoms with Gasteiger partial charge in [-0.1, -0.05) is 49.7 Å². The molecule has 0 aliphatic carbocycles. The SMILES string of the molecule is CC(C)CN1CCN(c2cccc3c2C(=O)N(Cc2ccccc2Cl)C3=O)CC1. The van der Waals surface area contributed by atoms with Crippen molar-refractivity contribution >= 4 is 29.1 Å². The zero-order chi connectivity index (χ0) is 20.5. The molecule has 4 rings (SSSR count). The van der Waals surface area contributed by atoms with Crippen LogP contribution in [0.3, 0.4) is 0 Å². The highest BCUT2D eigenvalue weighted by molar-refractivity contribution is 6.31. The molecule has 0 saturated carbocycles. The second-order valence-corrected chi connectivity index (χ2v) is 8.58. The number of halogens is 1. The van der Waals surface area contributed by atoms with E-state index >= 15 is 0 Å². The van der Waals surface area contributed by atoms with Crippen LogP contribution in [0.25, 0.3) is 0 Å². The van der Waals surface area contributed by atoms with Crippen molar-refractivity contribution in [2.45, 2.75) is 20.4 Å². The summed E-state index contributed by atoms with van der Waals surface area (Å²) in [4.78, 5) is 32.2. The van der Waals surface area contributed by atoms with Gasteiger partial charge in [-0.05, 0) is 29.7 Å². The minimum absolute atomic E-state index is 0.188. The van der Waals surface area contributed by atoms with Crippen molar-refractivity contribution in [2.75, 3.05) is 37.6 Å². The van der Waals surface area contributed by atoms with E-state index in [1.54, 1.807) is 12.1 Å². The van der Waals surface area contributed by atoms with E-state index in [0.29, 0.717) is 22.1 Å². The number of hydrogen-bond donors (Lipinski definition) is 0. The van der Waals surface area contributed by atoms with E-state index in [4.69, 9.17) is 11.6 Å². The number of amides is 2. The number of carbonyl (C=O) groups is 2. The third kappa shape index (κ3) is 3.89. The summed E-state index contributed by atoms with van der Waals surface area (Å²) in [5, 5.41) is 0.561. The first-order valence-corrected chi connectivity index (χ1v) is 10.5. The predicted octanol–water partition coefficient (Wildman–Crippen LogP) is 3.91. The molecular formula is C23H26ClN3O2. The van der Waals surface area contributed by atoms with Crippen LogP contribution in [-0.4, -0.2) is 54.3 Å². The molecule has 2 aromatic rings. The normalized spacial score (nSPS) is 17.4. The van der Waals surface area contributed by atoms with Gasteiger partial charge in [0.05, 0.1) is 23.4 Å². The Balaban J connectivity index is 1.56. The molecule has 2 heterocycles. The number of benzene rings is 2. The molecule has 1 fully saturated rings. The van der Waals surface area contributed by atoms with E-state index in [-0.39, 0.29) is 18.4 Å². The number of hydrogen-bond acceptors (Lipinski definition) is 4. The van der Waals surface area contributed by atoms with Crippen LogP contribution in [0, 0.1) is 5.92 Å². The smallest absolute Gasteiger partial charge is 0.263 e. The number of piperazine rings is 1. The monoisotopic (exact) mass is 411 g/mol. The summed E-state index contributed by atoms with van der Waals surface area (Å²) in [6.07, 6.45) is 0. The first-order chi connectivity index (χ1) is 14.0. The van der Waals surface area contributed by atoms with Gasteiger partial charge in [0, 0.05) is 37.7 Å². The molecule has 0 radical (unpaired) electrons. The largest absolute Gasteiger partial charge is 0.368 e. The van der Waals surface area contributed by atoms with E-state index in [2.05, 4.69) is 23.6 Å². The average molecular weight is 412 g/mol. The van der Waals surface area contributed by atoms with Gasteiger partial charge in [-0.15, -0.1) is 0 Å². The zero-order valence-corrected chi connectivity index (χ0v) is 17.7. The van der Waals surface area contributed by atoms with Gasteiger partial charge in [0.25, 0.3) is 11.8 Å². The molecule has 2 amide bonds. The highest BCUT2D eigenvalue weighted by Crippen LogP contribution is 2.33. The molecule has 2 aliphatic rings. The third-order valence-corrected chi connectivity index (χ3v) is 5.97. The summed E-state index contributed by atoms with van der Waals surface area (Å²) in [6, 6.07) is 12.9. The standard InChI is InChI=1S/C23H26ClN3O2/c1-16(2)14-25-10-12-26(13-11-25)20-9-5-7-18-21(20)23(29)27(22(18)28)15-17-6-3-4-8-19(17)24/h3-9,16H,10-15H2,1-2H3. The minimum Gasteiger partial charge on any atom is -0.368 e. The van der Waals surface area contributed by atoms with E-state index < -0.39 is 0 Å². The fourth-order valence-corrected chi connectivity index (χ4v) is 4.40. The Morgan fingerprint density at radius 1 is 0.931 bits per heavy atom. The van der Waals surface area contributed by atoms with Crippen molar-refractivity contribution in [2.24, 2.45) is 5.92 Å². The first-order valence-electron chi connectivity index (χ1n) is 10.2. The summed E-state index contributed by atoms with van der Waals surface area (Å²) < 4.78 is 0. The quantitative estimate of drug-likeness (QED) is 0.699.